The third kappa shape index (κ3) is 5.79. The van der Waals surface area contributed by atoms with E-state index in [9.17, 15) is 17.6 Å². The minimum Gasteiger partial charge on any atom is -0.325 e. The molecule has 3 rings (SSSR count). The highest BCUT2D eigenvalue weighted by Crippen LogP contribution is 2.21. The van der Waals surface area contributed by atoms with Gasteiger partial charge in [-0.3, -0.25) is 4.79 Å². The molecule has 156 valence electrons. The summed E-state index contributed by atoms with van der Waals surface area (Å²) in [5.74, 6) is -0.969. The Labute approximate surface area is 184 Å². The summed E-state index contributed by atoms with van der Waals surface area (Å²) in [6, 6.07) is 17.5. The van der Waals surface area contributed by atoms with Crippen molar-refractivity contribution in [2.75, 3.05) is 11.9 Å². The summed E-state index contributed by atoms with van der Waals surface area (Å²) in [4.78, 5) is 12.5. The Morgan fingerprint density at radius 2 is 1.40 bits per heavy atom. The number of carbonyl (C=O) groups is 1. The van der Waals surface area contributed by atoms with Crippen LogP contribution in [0.4, 0.5) is 10.1 Å². The number of hydrogen-bond donors (Lipinski definition) is 1. The first kappa shape index (κ1) is 22.2. The van der Waals surface area contributed by atoms with Crippen LogP contribution >= 0.6 is 23.2 Å². The molecule has 3 aromatic rings. The predicted molar refractivity (Wildman–Crippen MR) is 116 cm³/mol. The first-order valence-electron chi connectivity index (χ1n) is 8.79. The first-order valence-corrected chi connectivity index (χ1v) is 11.0. The van der Waals surface area contributed by atoms with Crippen molar-refractivity contribution in [2.45, 2.75) is 11.4 Å². The van der Waals surface area contributed by atoms with Gasteiger partial charge in [0.1, 0.15) is 5.82 Å². The van der Waals surface area contributed by atoms with Crippen LogP contribution in [0.15, 0.2) is 77.7 Å². The molecule has 0 aliphatic carbocycles. The van der Waals surface area contributed by atoms with Crippen molar-refractivity contribution in [3.8, 4) is 0 Å². The van der Waals surface area contributed by atoms with Gasteiger partial charge < -0.3 is 5.32 Å². The molecule has 0 aromatic heterocycles. The molecule has 0 radical (unpaired) electrons. The zero-order chi connectivity index (χ0) is 21.7. The van der Waals surface area contributed by atoms with Crippen molar-refractivity contribution in [2.24, 2.45) is 0 Å². The number of hydrogen-bond acceptors (Lipinski definition) is 3. The van der Waals surface area contributed by atoms with E-state index in [1.165, 1.54) is 48.5 Å². The number of nitrogens with one attached hydrogen (secondary N) is 1. The highest BCUT2D eigenvalue weighted by atomic mass is 35.5. The lowest BCUT2D eigenvalue weighted by Gasteiger charge is -2.22. The highest BCUT2D eigenvalue weighted by Gasteiger charge is 2.27. The van der Waals surface area contributed by atoms with Gasteiger partial charge in [-0.05, 0) is 66.2 Å². The average Bonchev–Trinajstić information content (AvgIpc) is 2.71. The zero-order valence-electron chi connectivity index (χ0n) is 15.6. The van der Waals surface area contributed by atoms with Gasteiger partial charge in [-0.25, -0.2) is 12.8 Å². The van der Waals surface area contributed by atoms with E-state index in [0.717, 1.165) is 4.31 Å². The minimum atomic E-state index is -4.02. The standard InChI is InChI=1S/C21H17Cl2FN2O3S/c22-16-3-9-19(10-4-16)25-21(27)14-26(13-15-1-7-18(24)8-2-15)30(28,29)20-11-5-17(23)6-12-20/h1-12H,13-14H2,(H,25,27). The van der Waals surface area contributed by atoms with Crippen molar-refractivity contribution in [1.29, 1.82) is 0 Å². The lowest BCUT2D eigenvalue weighted by Crippen LogP contribution is -2.37. The van der Waals surface area contributed by atoms with E-state index in [1.807, 2.05) is 0 Å². The summed E-state index contributed by atoms with van der Waals surface area (Å²) >= 11 is 11.7. The molecule has 0 fully saturated rings. The summed E-state index contributed by atoms with van der Waals surface area (Å²) in [6.45, 7) is -0.551. The van der Waals surface area contributed by atoms with Crippen molar-refractivity contribution in [1.82, 2.24) is 4.31 Å². The zero-order valence-corrected chi connectivity index (χ0v) is 17.9. The third-order valence-electron chi connectivity index (χ3n) is 4.17. The molecule has 0 aliphatic rings. The lowest BCUT2D eigenvalue weighted by molar-refractivity contribution is -0.116. The maximum Gasteiger partial charge on any atom is 0.243 e. The molecule has 3 aromatic carbocycles. The van der Waals surface area contributed by atoms with Crippen LogP contribution in [0, 0.1) is 5.82 Å². The molecule has 0 aliphatic heterocycles. The molecule has 0 saturated heterocycles. The number of nitrogens with zero attached hydrogens (tertiary/aromatic N) is 1. The Hall–Kier alpha value is -2.45. The molecule has 0 bridgehead atoms. The molecule has 1 amide bonds. The van der Waals surface area contributed by atoms with Crippen LogP contribution in [-0.2, 0) is 21.4 Å². The number of amides is 1. The predicted octanol–water partition coefficient (Wildman–Crippen LogP) is 4.96. The average molecular weight is 467 g/mol. The van der Waals surface area contributed by atoms with Gasteiger partial charge in [-0.2, -0.15) is 4.31 Å². The largest absolute Gasteiger partial charge is 0.325 e. The topological polar surface area (TPSA) is 66.5 Å². The van der Waals surface area contributed by atoms with Crippen LogP contribution in [0.25, 0.3) is 0 Å². The molecule has 0 atom stereocenters. The van der Waals surface area contributed by atoms with E-state index < -0.39 is 28.3 Å². The van der Waals surface area contributed by atoms with Crippen LogP contribution < -0.4 is 5.32 Å². The molecule has 0 spiro atoms. The summed E-state index contributed by atoms with van der Waals surface area (Å²) in [5.41, 5.74) is 1.02. The second-order valence-electron chi connectivity index (χ2n) is 6.41. The molecule has 0 unspecified atom stereocenters. The maximum atomic E-state index is 13.2. The molecule has 0 saturated carbocycles. The van der Waals surface area contributed by atoms with Crippen molar-refractivity contribution >= 4 is 44.8 Å². The van der Waals surface area contributed by atoms with Crippen molar-refractivity contribution < 1.29 is 17.6 Å². The van der Waals surface area contributed by atoms with E-state index in [2.05, 4.69) is 5.32 Å². The van der Waals surface area contributed by atoms with Gasteiger partial charge in [-0.1, -0.05) is 35.3 Å². The maximum absolute atomic E-state index is 13.2. The normalized spacial score (nSPS) is 11.5. The molecule has 9 heteroatoms. The Morgan fingerprint density at radius 3 is 1.97 bits per heavy atom. The van der Waals surface area contributed by atoms with Gasteiger partial charge in [0, 0.05) is 22.3 Å². The Bertz CT molecular complexity index is 1120. The molecule has 1 N–H and O–H groups in total. The van der Waals surface area contributed by atoms with Gasteiger partial charge >= 0.3 is 0 Å². The van der Waals surface area contributed by atoms with Crippen LogP contribution in [0.1, 0.15) is 5.56 Å². The van der Waals surface area contributed by atoms with Crippen LogP contribution in [0.3, 0.4) is 0 Å². The number of halogens is 3. The Balaban J connectivity index is 1.86. The second-order valence-corrected chi connectivity index (χ2v) is 9.22. The number of benzene rings is 3. The Kier molecular flexibility index (Phi) is 7.10. The van der Waals surface area contributed by atoms with Crippen molar-refractivity contribution in [3.05, 3.63) is 94.2 Å². The van der Waals surface area contributed by atoms with E-state index >= 15 is 0 Å². The number of anilines is 1. The third-order valence-corrected chi connectivity index (χ3v) is 6.48. The smallest absolute Gasteiger partial charge is 0.243 e. The van der Waals surface area contributed by atoms with Gasteiger partial charge in [-0.15, -0.1) is 0 Å². The lowest BCUT2D eigenvalue weighted by atomic mass is 10.2. The van der Waals surface area contributed by atoms with Crippen molar-refractivity contribution in [3.63, 3.8) is 0 Å². The van der Waals surface area contributed by atoms with E-state index in [4.69, 9.17) is 23.2 Å². The molecular weight excluding hydrogens is 450 g/mol. The van der Waals surface area contributed by atoms with Gasteiger partial charge in [0.25, 0.3) is 0 Å². The molecule has 0 heterocycles. The fourth-order valence-corrected chi connectivity index (χ4v) is 4.31. The summed E-state index contributed by atoms with van der Waals surface area (Å²) < 4.78 is 40.6. The fraction of sp³-hybridized carbons (Fsp3) is 0.0952. The van der Waals surface area contributed by atoms with Gasteiger partial charge in [0.15, 0.2) is 0 Å². The fourth-order valence-electron chi connectivity index (χ4n) is 2.67. The van der Waals surface area contributed by atoms with E-state index in [-0.39, 0.29) is 11.4 Å². The molecule has 5 nitrogen and oxygen atoms in total. The number of rotatable bonds is 7. The SMILES string of the molecule is O=C(CN(Cc1ccc(F)cc1)S(=O)(=O)c1ccc(Cl)cc1)Nc1ccc(Cl)cc1. The molecular formula is C21H17Cl2FN2O3S. The first-order chi connectivity index (χ1) is 14.2. The molecule has 30 heavy (non-hydrogen) atoms. The second kappa shape index (κ2) is 9.57. The van der Waals surface area contributed by atoms with E-state index in [0.29, 0.717) is 21.3 Å². The summed E-state index contributed by atoms with van der Waals surface area (Å²) in [5, 5.41) is 3.54. The summed E-state index contributed by atoms with van der Waals surface area (Å²) in [6.07, 6.45) is 0. The van der Waals surface area contributed by atoms with E-state index in [1.54, 1.807) is 24.3 Å². The Morgan fingerprint density at radius 1 is 0.867 bits per heavy atom. The van der Waals surface area contributed by atoms with Crippen LogP contribution in [0.2, 0.25) is 10.0 Å². The van der Waals surface area contributed by atoms with Crippen LogP contribution in [-0.4, -0.2) is 25.2 Å². The van der Waals surface area contributed by atoms with Gasteiger partial charge in [0.2, 0.25) is 15.9 Å². The summed E-state index contributed by atoms with van der Waals surface area (Å²) in [7, 11) is -4.02. The number of sulfonamides is 1. The van der Waals surface area contributed by atoms with Gasteiger partial charge in [0.05, 0.1) is 11.4 Å². The number of carbonyl (C=O) groups excluding carboxylic acids is 1. The highest BCUT2D eigenvalue weighted by molar-refractivity contribution is 7.89. The minimum absolute atomic E-state index is 0.00620. The van der Waals surface area contributed by atoms with Crippen LogP contribution in [0.5, 0.6) is 0 Å². The monoisotopic (exact) mass is 466 g/mol. The quantitative estimate of drug-likeness (QED) is 0.534.